The average Bonchev–Trinajstić information content (AvgIpc) is 2.18. The van der Waals surface area contributed by atoms with Crippen LogP contribution in [0.25, 0.3) is 0 Å². The zero-order chi connectivity index (χ0) is 12.4. The molecule has 0 aromatic heterocycles. The topological polar surface area (TPSA) is 74.6 Å². The third-order valence-corrected chi connectivity index (χ3v) is 1.61. The molecule has 0 atom stereocenters. The van der Waals surface area contributed by atoms with Crippen LogP contribution in [0.5, 0.6) is 0 Å². The fourth-order valence-corrected chi connectivity index (χ4v) is 0.978. The molecule has 0 spiro atoms. The molecular weight excluding hydrogens is 247 g/mol. The van der Waals surface area contributed by atoms with Crippen LogP contribution in [-0.4, -0.2) is 22.2 Å². The van der Waals surface area contributed by atoms with Crippen LogP contribution in [0.4, 0.5) is 0 Å². The summed E-state index contributed by atoms with van der Waals surface area (Å²) < 4.78 is 0. The Morgan fingerprint density at radius 1 is 1.06 bits per heavy atom. The van der Waals surface area contributed by atoms with Gasteiger partial charge in [-0.25, -0.2) is 0 Å². The molecule has 0 aliphatic carbocycles. The van der Waals surface area contributed by atoms with Crippen molar-refractivity contribution in [2.75, 3.05) is 0 Å². The zero-order valence-corrected chi connectivity index (χ0v) is 13.0. The van der Waals surface area contributed by atoms with Crippen molar-refractivity contribution in [1.82, 2.24) is 0 Å². The summed E-state index contributed by atoms with van der Waals surface area (Å²) in [5, 5.41) is 15.4. The molecule has 88 valence electrons. The summed E-state index contributed by atoms with van der Waals surface area (Å²) in [4.78, 5) is 18.9. The monoisotopic (exact) mass is 262 g/mol. The quantitative estimate of drug-likeness (QED) is 0.415. The fourth-order valence-electron chi connectivity index (χ4n) is 0.978. The van der Waals surface area contributed by atoms with Crippen LogP contribution in [0.1, 0.15) is 18.4 Å². The third kappa shape index (κ3) is 13.7. The van der Waals surface area contributed by atoms with Crippen molar-refractivity contribution in [1.29, 1.82) is 0 Å². The molecule has 0 aliphatic heterocycles. The molecule has 0 heterocycles. The van der Waals surface area contributed by atoms with Crippen molar-refractivity contribution in [3.63, 3.8) is 0 Å². The number of carboxylic acids is 2. The average molecular weight is 262 g/mol. The van der Waals surface area contributed by atoms with E-state index in [1.54, 1.807) is 0 Å². The number of aliphatic carboxylic acids is 2. The zero-order valence-electron chi connectivity index (χ0n) is 9.93. The largest absolute Gasteiger partial charge is 1.00 e. The molecule has 2 N–H and O–H groups in total. The molecule has 4 nitrogen and oxygen atoms in total. The Morgan fingerprint density at radius 2 is 1.53 bits per heavy atom. The number of hydrogen-bond acceptors (Lipinski definition) is 2. The van der Waals surface area contributed by atoms with Crippen molar-refractivity contribution in [2.45, 2.75) is 19.3 Å². The molecule has 1 aromatic carbocycles. The molecule has 0 fully saturated rings. The van der Waals surface area contributed by atoms with Crippen LogP contribution in [-0.2, 0) is 16.0 Å². The van der Waals surface area contributed by atoms with Gasteiger partial charge in [-0.05, 0) is 0 Å². The van der Waals surface area contributed by atoms with Gasteiger partial charge in [0.1, 0.15) is 6.42 Å². The summed E-state index contributed by atoms with van der Waals surface area (Å²) in [6, 6.07) is 10.4. The summed E-state index contributed by atoms with van der Waals surface area (Å²) in [6.45, 7) is 3.78. The summed E-state index contributed by atoms with van der Waals surface area (Å²) in [5.41, 5.74) is 1.38. The number of aryl methyl sites for hydroxylation is 1. The van der Waals surface area contributed by atoms with Gasteiger partial charge in [0.15, 0.2) is 0 Å². The molecule has 17 heavy (non-hydrogen) atoms. The van der Waals surface area contributed by atoms with Gasteiger partial charge < -0.3 is 17.1 Å². The number of carbonyl (C=O) groups is 2. The predicted octanol–water partition coefficient (Wildman–Crippen LogP) is -0.997. The van der Waals surface area contributed by atoms with E-state index in [9.17, 15) is 9.59 Å². The van der Waals surface area contributed by atoms with E-state index in [2.05, 4.69) is 31.2 Å². The molecule has 0 unspecified atom stereocenters. The Hall–Kier alpha value is -0.204. The Balaban J connectivity index is 0. The number of benzene rings is 1. The Kier molecular flexibility index (Phi) is 13.8. The van der Waals surface area contributed by atoms with Crippen molar-refractivity contribution in [3.05, 3.63) is 42.8 Å². The number of carboxylic acid groups (broad SMARTS) is 2. The minimum absolute atomic E-state index is 0. The summed E-state index contributed by atoms with van der Waals surface area (Å²) in [5.74, 6) is -2.62. The van der Waals surface area contributed by atoms with Gasteiger partial charge in [-0.3, -0.25) is 9.59 Å². The molecule has 0 aliphatic rings. The van der Waals surface area contributed by atoms with E-state index in [-0.39, 0.29) is 51.4 Å². The van der Waals surface area contributed by atoms with Crippen LogP contribution < -0.4 is 51.4 Å². The van der Waals surface area contributed by atoms with Crippen LogP contribution in [0.3, 0.4) is 0 Å². The summed E-state index contributed by atoms with van der Waals surface area (Å²) in [6.07, 6.45) is 1.28. The van der Waals surface area contributed by atoms with Crippen LogP contribution in [0.2, 0.25) is 0 Å². The molecule has 0 saturated carbocycles. The first-order valence-electron chi connectivity index (χ1n) is 4.83. The van der Waals surface area contributed by atoms with Gasteiger partial charge in [0.2, 0.25) is 0 Å². The Bertz CT molecular complexity index is 313. The molecule has 0 saturated heterocycles. The maximum Gasteiger partial charge on any atom is 1.00 e. The van der Waals surface area contributed by atoms with E-state index in [0.717, 1.165) is 12.8 Å². The SMILES string of the molecule is O=C(O)CC(=O)O.[CH2-]CCc1ccccc1.[K+]. The van der Waals surface area contributed by atoms with Gasteiger partial charge in [-0.2, -0.15) is 6.42 Å². The second-order valence-corrected chi connectivity index (χ2v) is 3.05. The van der Waals surface area contributed by atoms with Crippen molar-refractivity contribution in [3.8, 4) is 0 Å². The van der Waals surface area contributed by atoms with Gasteiger partial charge in [-0.15, -0.1) is 0 Å². The van der Waals surface area contributed by atoms with Crippen molar-refractivity contribution >= 4 is 11.9 Å². The standard InChI is InChI=1S/C9H11.C3H4O4.K/c1-2-6-9-7-4-3-5-8-9;4-2(5)1-3(6)7;/h3-5,7-8H,1-2,6H2;1H2,(H,4,5)(H,6,7);/q-1;;+1. The van der Waals surface area contributed by atoms with Gasteiger partial charge in [-0.1, -0.05) is 42.3 Å². The van der Waals surface area contributed by atoms with E-state index in [1.165, 1.54) is 5.56 Å². The molecule has 0 amide bonds. The van der Waals surface area contributed by atoms with E-state index in [1.807, 2.05) is 6.07 Å². The van der Waals surface area contributed by atoms with E-state index in [4.69, 9.17) is 10.2 Å². The molecule has 5 heteroatoms. The minimum atomic E-state index is -1.31. The maximum atomic E-state index is 9.43. The minimum Gasteiger partial charge on any atom is -0.481 e. The maximum absolute atomic E-state index is 9.43. The second kappa shape index (κ2) is 12.3. The van der Waals surface area contributed by atoms with Crippen LogP contribution in [0, 0.1) is 6.92 Å². The fraction of sp³-hybridized carbons (Fsp3) is 0.250. The second-order valence-electron chi connectivity index (χ2n) is 3.05. The molecule has 0 bridgehead atoms. The number of rotatable bonds is 4. The third-order valence-electron chi connectivity index (χ3n) is 1.61. The molecule has 1 aromatic rings. The van der Waals surface area contributed by atoms with Gasteiger partial charge in [0.05, 0.1) is 0 Å². The van der Waals surface area contributed by atoms with E-state index in [0.29, 0.717) is 0 Å². The predicted molar refractivity (Wildman–Crippen MR) is 60.0 cm³/mol. The Morgan fingerprint density at radius 3 is 1.82 bits per heavy atom. The molecular formula is C12H15KO4. The summed E-state index contributed by atoms with van der Waals surface area (Å²) in [7, 11) is 0. The van der Waals surface area contributed by atoms with Gasteiger partial charge >= 0.3 is 63.3 Å². The normalized spacial score (nSPS) is 8.29. The number of hydrogen-bond donors (Lipinski definition) is 2. The van der Waals surface area contributed by atoms with Crippen LogP contribution in [0.15, 0.2) is 30.3 Å². The Labute approximate surface area is 143 Å². The van der Waals surface area contributed by atoms with Crippen molar-refractivity contribution in [2.24, 2.45) is 0 Å². The molecule has 1 rings (SSSR count). The van der Waals surface area contributed by atoms with Gasteiger partial charge in [0, 0.05) is 0 Å². The first-order chi connectivity index (χ1) is 7.56. The molecule has 0 radical (unpaired) electrons. The summed E-state index contributed by atoms with van der Waals surface area (Å²) >= 11 is 0. The smallest absolute Gasteiger partial charge is 0.481 e. The van der Waals surface area contributed by atoms with Crippen molar-refractivity contribution < 1.29 is 71.2 Å². The van der Waals surface area contributed by atoms with E-state index >= 15 is 0 Å². The van der Waals surface area contributed by atoms with Gasteiger partial charge in [0.25, 0.3) is 0 Å². The van der Waals surface area contributed by atoms with Crippen LogP contribution >= 0.6 is 0 Å². The first kappa shape index (κ1) is 19.1. The van der Waals surface area contributed by atoms with E-state index < -0.39 is 18.4 Å². The first-order valence-corrected chi connectivity index (χ1v) is 4.83.